The van der Waals surface area contributed by atoms with E-state index in [0.29, 0.717) is 0 Å². The maximum absolute atomic E-state index is 13.1. The summed E-state index contributed by atoms with van der Waals surface area (Å²) in [6.45, 7) is 2.23. The van der Waals surface area contributed by atoms with Crippen LogP contribution in [-0.4, -0.2) is 8.42 Å². The van der Waals surface area contributed by atoms with Gasteiger partial charge < -0.3 is 4.74 Å². The molecule has 2 rings (SSSR count). The molecule has 0 aliphatic heterocycles. The minimum absolute atomic E-state index is 0.0333. The molecule has 0 saturated carbocycles. The first kappa shape index (κ1) is 15.8. The highest BCUT2D eigenvalue weighted by Gasteiger charge is 2.18. The Balaban J connectivity index is 2.19. The van der Waals surface area contributed by atoms with Crippen LogP contribution in [0.15, 0.2) is 47.4 Å². The SMILES string of the molecule is CCc1ccc(COc2ccc(F)cc2S(=O)(=O)Cl)cc1. The average Bonchev–Trinajstić information content (AvgIpc) is 2.45. The first-order chi connectivity index (χ1) is 9.90. The predicted molar refractivity (Wildman–Crippen MR) is 79.6 cm³/mol. The van der Waals surface area contributed by atoms with E-state index in [1.54, 1.807) is 0 Å². The number of ether oxygens (including phenoxy) is 1. The van der Waals surface area contributed by atoms with Crippen LogP contribution >= 0.6 is 10.7 Å². The van der Waals surface area contributed by atoms with E-state index in [4.69, 9.17) is 15.4 Å². The Kier molecular flexibility index (Phi) is 4.85. The Morgan fingerprint density at radius 3 is 2.29 bits per heavy atom. The summed E-state index contributed by atoms with van der Waals surface area (Å²) in [5.74, 6) is -0.653. The number of aryl methyl sites for hydroxylation is 1. The highest BCUT2D eigenvalue weighted by atomic mass is 35.7. The zero-order valence-electron chi connectivity index (χ0n) is 11.3. The molecule has 21 heavy (non-hydrogen) atoms. The minimum Gasteiger partial charge on any atom is -0.487 e. The second-order valence-electron chi connectivity index (χ2n) is 4.49. The summed E-state index contributed by atoms with van der Waals surface area (Å²) >= 11 is 0. The van der Waals surface area contributed by atoms with Crippen molar-refractivity contribution < 1.29 is 17.5 Å². The highest BCUT2D eigenvalue weighted by Crippen LogP contribution is 2.28. The molecule has 0 heterocycles. The second kappa shape index (κ2) is 6.45. The summed E-state index contributed by atoms with van der Waals surface area (Å²) in [5, 5.41) is 0. The van der Waals surface area contributed by atoms with Crippen molar-refractivity contribution in [1.82, 2.24) is 0 Å². The molecule has 0 spiro atoms. The van der Waals surface area contributed by atoms with Crippen molar-refractivity contribution in [3.8, 4) is 5.75 Å². The normalized spacial score (nSPS) is 11.4. The molecular formula is C15H14ClFO3S. The van der Waals surface area contributed by atoms with Gasteiger partial charge >= 0.3 is 0 Å². The van der Waals surface area contributed by atoms with Gasteiger partial charge in [-0.2, -0.15) is 0 Å². The summed E-state index contributed by atoms with van der Waals surface area (Å²) in [6.07, 6.45) is 0.938. The number of hydrogen-bond donors (Lipinski definition) is 0. The molecule has 0 amide bonds. The van der Waals surface area contributed by atoms with Gasteiger partial charge in [-0.15, -0.1) is 0 Å². The standard InChI is InChI=1S/C15H14ClFO3S/c1-2-11-3-5-12(6-4-11)10-20-14-8-7-13(17)9-15(14)21(16,18)19/h3-9H,2,10H2,1H3. The van der Waals surface area contributed by atoms with Crippen LogP contribution in [0.2, 0.25) is 0 Å². The van der Waals surface area contributed by atoms with Crippen molar-refractivity contribution in [1.29, 1.82) is 0 Å². The molecule has 0 N–H and O–H groups in total. The summed E-state index contributed by atoms with van der Waals surface area (Å²) in [5.41, 5.74) is 2.08. The number of benzene rings is 2. The molecule has 6 heteroatoms. The van der Waals surface area contributed by atoms with E-state index < -0.39 is 14.9 Å². The van der Waals surface area contributed by atoms with E-state index in [1.165, 1.54) is 11.6 Å². The van der Waals surface area contributed by atoms with Crippen molar-refractivity contribution in [2.45, 2.75) is 24.8 Å². The van der Waals surface area contributed by atoms with Crippen LogP contribution in [0, 0.1) is 5.82 Å². The first-order valence-electron chi connectivity index (χ1n) is 6.35. The van der Waals surface area contributed by atoms with Crippen molar-refractivity contribution in [3.63, 3.8) is 0 Å². The minimum atomic E-state index is -4.06. The van der Waals surface area contributed by atoms with Crippen molar-refractivity contribution in [2.75, 3.05) is 0 Å². The van der Waals surface area contributed by atoms with Crippen molar-refractivity contribution >= 4 is 19.7 Å². The van der Waals surface area contributed by atoms with E-state index in [9.17, 15) is 12.8 Å². The van der Waals surface area contributed by atoms with E-state index in [0.717, 1.165) is 24.1 Å². The number of hydrogen-bond acceptors (Lipinski definition) is 3. The summed E-state index contributed by atoms with van der Waals surface area (Å²) < 4.78 is 41.4. The fourth-order valence-electron chi connectivity index (χ4n) is 1.82. The van der Waals surface area contributed by atoms with Gasteiger partial charge in [0.25, 0.3) is 9.05 Å². The quantitative estimate of drug-likeness (QED) is 0.782. The topological polar surface area (TPSA) is 43.4 Å². The Bertz CT molecular complexity index is 727. The maximum Gasteiger partial charge on any atom is 0.265 e. The molecule has 0 radical (unpaired) electrons. The zero-order valence-corrected chi connectivity index (χ0v) is 12.9. The van der Waals surface area contributed by atoms with Gasteiger partial charge in [-0.1, -0.05) is 31.2 Å². The van der Waals surface area contributed by atoms with Crippen molar-refractivity contribution in [3.05, 3.63) is 59.4 Å². The van der Waals surface area contributed by atoms with Gasteiger partial charge in [-0.25, -0.2) is 12.8 Å². The van der Waals surface area contributed by atoms with E-state index in [1.807, 2.05) is 24.3 Å². The Morgan fingerprint density at radius 2 is 1.71 bits per heavy atom. The smallest absolute Gasteiger partial charge is 0.265 e. The molecular weight excluding hydrogens is 315 g/mol. The number of rotatable bonds is 5. The molecule has 0 fully saturated rings. The highest BCUT2D eigenvalue weighted by molar-refractivity contribution is 8.13. The molecule has 0 saturated heterocycles. The van der Waals surface area contributed by atoms with Crippen LogP contribution in [0.5, 0.6) is 5.75 Å². The van der Waals surface area contributed by atoms with Crippen LogP contribution in [-0.2, 0) is 22.1 Å². The molecule has 0 bridgehead atoms. The van der Waals surface area contributed by atoms with Gasteiger partial charge in [0.05, 0.1) is 0 Å². The lowest BCUT2D eigenvalue weighted by Crippen LogP contribution is -2.01. The van der Waals surface area contributed by atoms with Gasteiger partial charge in [-0.05, 0) is 35.7 Å². The fourth-order valence-corrected chi connectivity index (χ4v) is 2.81. The molecule has 3 nitrogen and oxygen atoms in total. The van der Waals surface area contributed by atoms with Crippen molar-refractivity contribution in [2.24, 2.45) is 0 Å². The molecule has 2 aromatic carbocycles. The average molecular weight is 329 g/mol. The second-order valence-corrected chi connectivity index (χ2v) is 7.02. The lowest BCUT2D eigenvalue weighted by Gasteiger charge is -2.10. The van der Waals surface area contributed by atoms with Gasteiger partial charge in [0, 0.05) is 10.7 Å². The third kappa shape index (κ3) is 4.19. The van der Waals surface area contributed by atoms with Gasteiger partial charge in [0.1, 0.15) is 23.1 Å². The fraction of sp³-hybridized carbons (Fsp3) is 0.200. The van der Waals surface area contributed by atoms with Crippen LogP contribution < -0.4 is 4.74 Å². The van der Waals surface area contributed by atoms with Crippen LogP contribution in [0.25, 0.3) is 0 Å². The summed E-state index contributed by atoms with van der Waals surface area (Å²) in [4.78, 5) is -0.366. The molecule has 2 aromatic rings. The Labute approximate surface area is 127 Å². The maximum atomic E-state index is 13.1. The third-order valence-electron chi connectivity index (χ3n) is 2.99. The Hall–Kier alpha value is -1.59. The van der Waals surface area contributed by atoms with E-state index in [2.05, 4.69) is 6.92 Å². The predicted octanol–water partition coefficient (Wildman–Crippen LogP) is 3.89. The Morgan fingerprint density at radius 1 is 1.10 bits per heavy atom. The largest absolute Gasteiger partial charge is 0.487 e. The van der Waals surface area contributed by atoms with Gasteiger partial charge in [0.15, 0.2) is 0 Å². The molecule has 0 aliphatic carbocycles. The zero-order chi connectivity index (χ0) is 15.5. The van der Waals surface area contributed by atoms with Crippen LogP contribution in [0.3, 0.4) is 0 Å². The monoisotopic (exact) mass is 328 g/mol. The van der Waals surface area contributed by atoms with E-state index >= 15 is 0 Å². The lowest BCUT2D eigenvalue weighted by atomic mass is 10.1. The molecule has 0 unspecified atom stereocenters. The van der Waals surface area contributed by atoms with Gasteiger partial charge in [0.2, 0.25) is 0 Å². The van der Waals surface area contributed by atoms with E-state index in [-0.39, 0.29) is 17.3 Å². The third-order valence-corrected chi connectivity index (χ3v) is 4.34. The van der Waals surface area contributed by atoms with Crippen LogP contribution in [0.1, 0.15) is 18.1 Å². The van der Waals surface area contributed by atoms with Gasteiger partial charge in [-0.3, -0.25) is 0 Å². The molecule has 112 valence electrons. The first-order valence-corrected chi connectivity index (χ1v) is 8.66. The summed E-state index contributed by atoms with van der Waals surface area (Å²) in [6, 6.07) is 11.0. The van der Waals surface area contributed by atoms with Crippen LogP contribution in [0.4, 0.5) is 4.39 Å². The summed E-state index contributed by atoms with van der Waals surface area (Å²) in [7, 11) is 1.22. The molecule has 0 atom stereocenters. The molecule has 0 aromatic heterocycles. The number of halogens is 2. The lowest BCUT2D eigenvalue weighted by molar-refractivity contribution is 0.297. The molecule has 0 aliphatic rings.